The van der Waals surface area contributed by atoms with Gasteiger partial charge in [-0.25, -0.2) is 0 Å². The summed E-state index contributed by atoms with van der Waals surface area (Å²) >= 11 is 0. The van der Waals surface area contributed by atoms with E-state index in [1.807, 2.05) is 0 Å². The molecule has 1 aliphatic heterocycles. The van der Waals surface area contributed by atoms with Gasteiger partial charge in [-0.15, -0.1) is 0 Å². The number of methoxy groups -OCH3 is 2. The molecule has 0 saturated heterocycles. The lowest BCUT2D eigenvalue weighted by Gasteiger charge is -2.32. The molecule has 0 bridgehead atoms. The smallest absolute Gasteiger partial charge is 0.257 e. The van der Waals surface area contributed by atoms with Gasteiger partial charge in [0.05, 0.1) is 25.7 Å². The number of rotatable bonds is 4. The normalized spacial score (nSPS) is 20.5. The standard InChI is InChI=1S/C21H17NO7/c1-27-15-8-7-11(9-16(15)28-2)17-14(22(25)26)10-29-21-18(17)19(23)12-5-3-4-6-13(12)20(21)24/h3-9,14,17H,10H2,1-2H3/t14-,17+/m0/s1. The van der Waals surface area contributed by atoms with Crippen molar-refractivity contribution < 1.29 is 28.7 Å². The van der Waals surface area contributed by atoms with E-state index < -0.39 is 28.4 Å². The van der Waals surface area contributed by atoms with E-state index in [2.05, 4.69) is 0 Å². The van der Waals surface area contributed by atoms with Crippen molar-refractivity contribution in [2.45, 2.75) is 12.0 Å². The number of benzene rings is 2. The molecule has 0 aromatic heterocycles. The molecule has 0 radical (unpaired) electrons. The van der Waals surface area contributed by atoms with Crippen molar-refractivity contribution in [3.05, 3.63) is 80.6 Å². The van der Waals surface area contributed by atoms with Crippen LogP contribution in [0, 0.1) is 10.1 Å². The number of fused-ring (bicyclic) bond motifs is 1. The molecule has 0 fully saturated rings. The van der Waals surface area contributed by atoms with Crippen molar-refractivity contribution >= 4 is 11.6 Å². The Balaban J connectivity index is 1.92. The molecule has 8 heteroatoms. The Kier molecular flexibility index (Phi) is 4.54. The summed E-state index contributed by atoms with van der Waals surface area (Å²) in [7, 11) is 2.93. The van der Waals surface area contributed by atoms with Crippen LogP contribution in [0.3, 0.4) is 0 Å². The zero-order valence-corrected chi connectivity index (χ0v) is 15.7. The Morgan fingerprint density at radius 2 is 1.66 bits per heavy atom. The van der Waals surface area contributed by atoms with Gasteiger partial charge in [0.2, 0.25) is 5.78 Å². The van der Waals surface area contributed by atoms with Gasteiger partial charge >= 0.3 is 0 Å². The van der Waals surface area contributed by atoms with E-state index in [4.69, 9.17) is 14.2 Å². The molecule has 0 saturated carbocycles. The second-order valence-corrected chi connectivity index (χ2v) is 6.70. The van der Waals surface area contributed by atoms with Gasteiger partial charge in [0.15, 0.2) is 29.6 Å². The minimum absolute atomic E-state index is 0.00821. The summed E-state index contributed by atoms with van der Waals surface area (Å²) in [5.74, 6) is -1.14. The van der Waals surface area contributed by atoms with Crippen LogP contribution < -0.4 is 9.47 Å². The van der Waals surface area contributed by atoms with Gasteiger partial charge < -0.3 is 14.2 Å². The van der Waals surface area contributed by atoms with Gasteiger partial charge in [0.25, 0.3) is 6.04 Å². The molecule has 0 spiro atoms. The third-order valence-electron chi connectivity index (χ3n) is 5.24. The number of allylic oxidation sites excluding steroid dienone is 1. The Bertz CT molecular complexity index is 1070. The lowest BCUT2D eigenvalue weighted by molar-refractivity contribution is -0.529. The number of ketones is 2. The van der Waals surface area contributed by atoms with E-state index in [0.29, 0.717) is 17.1 Å². The van der Waals surface area contributed by atoms with Crippen molar-refractivity contribution in [2.75, 3.05) is 20.8 Å². The number of carbonyl (C=O) groups is 2. The fraction of sp³-hybridized carbons (Fsp3) is 0.238. The highest BCUT2D eigenvalue weighted by molar-refractivity contribution is 6.26. The Morgan fingerprint density at radius 3 is 2.28 bits per heavy atom. The van der Waals surface area contributed by atoms with Gasteiger partial charge in [-0.05, 0) is 17.7 Å². The average Bonchev–Trinajstić information content (AvgIpc) is 2.75. The minimum atomic E-state index is -1.23. The van der Waals surface area contributed by atoms with E-state index in [1.54, 1.807) is 42.5 Å². The highest BCUT2D eigenvalue weighted by atomic mass is 16.6. The molecular weight excluding hydrogens is 378 g/mol. The van der Waals surface area contributed by atoms with Crippen LogP contribution in [-0.2, 0) is 4.74 Å². The molecule has 0 amide bonds. The zero-order valence-electron chi connectivity index (χ0n) is 15.7. The third-order valence-corrected chi connectivity index (χ3v) is 5.24. The van der Waals surface area contributed by atoms with E-state index in [9.17, 15) is 19.7 Å². The maximum absolute atomic E-state index is 13.3. The van der Waals surface area contributed by atoms with Crippen molar-refractivity contribution in [1.82, 2.24) is 0 Å². The Morgan fingerprint density at radius 1 is 1.00 bits per heavy atom. The van der Waals surface area contributed by atoms with E-state index in [0.717, 1.165) is 0 Å². The van der Waals surface area contributed by atoms with Crippen LogP contribution in [0.2, 0.25) is 0 Å². The van der Waals surface area contributed by atoms with E-state index in [-0.39, 0.29) is 29.1 Å². The van der Waals surface area contributed by atoms with Crippen molar-refractivity contribution in [3.63, 3.8) is 0 Å². The highest BCUT2D eigenvalue weighted by Crippen LogP contribution is 2.43. The number of nitrogens with zero attached hydrogens (tertiary/aromatic N) is 1. The van der Waals surface area contributed by atoms with Gasteiger partial charge in [-0.2, -0.15) is 0 Å². The predicted molar refractivity (Wildman–Crippen MR) is 101 cm³/mol. The molecule has 0 unspecified atom stereocenters. The predicted octanol–water partition coefficient (Wildman–Crippen LogP) is 2.80. The first kappa shape index (κ1) is 18.7. The van der Waals surface area contributed by atoms with E-state index in [1.165, 1.54) is 14.2 Å². The second-order valence-electron chi connectivity index (χ2n) is 6.70. The second kappa shape index (κ2) is 7.05. The first-order valence-electron chi connectivity index (χ1n) is 8.88. The van der Waals surface area contributed by atoms with Crippen LogP contribution in [0.15, 0.2) is 53.8 Å². The summed E-state index contributed by atoms with van der Waals surface area (Å²) in [6.07, 6.45) is 0. The fourth-order valence-electron chi connectivity index (χ4n) is 3.87. The molecule has 1 aliphatic carbocycles. The van der Waals surface area contributed by atoms with Crippen LogP contribution in [-0.4, -0.2) is 43.4 Å². The third kappa shape index (κ3) is 2.84. The number of hydrogen-bond donors (Lipinski definition) is 0. The Labute approximate surface area is 165 Å². The maximum Gasteiger partial charge on any atom is 0.257 e. The topological polar surface area (TPSA) is 105 Å². The molecule has 4 rings (SSSR count). The molecule has 1 heterocycles. The number of nitro groups is 1. The summed E-state index contributed by atoms with van der Waals surface area (Å²) in [5.41, 5.74) is 0.936. The van der Waals surface area contributed by atoms with Crippen LogP contribution >= 0.6 is 0 Å². The molecule has 2 aromatic carbocycles. The number of carbonyl (C=O) groups excluding carboxylic acids is 2. The average molecular weight is 395 g/mol. The summed E-state index contributed by atoms with van der Waals surface area (Å²) < 4.78 is 16.0. The van der Waals surface area contributed by atoms with Crippen LogP contribution in [0.25, 0.3) is 0 Å². The van der Waals surface area contributed by atoms with Gasteiger partial charge in [-0.1, -0.05) is 30.3 Å². The lowest BCUT2D eigenvalue weighted by atomic mass is 9.75. The van der Waals surface area contributed by atoms with Crippen molar-refractivity contribution in [3.8, 4) is 11.5 Å². The summed E-state index contributed by atoms with van der Waals surface area (Å²) in [5, 5.41) is 11.8. The zero-order chi connectivity index (χ0) is 20.7. The van der Waals surface area contributed by atoms with E-state index >= 15 is 0 Å². The molecule has 8 nitrogen and oxygen atoms in total. The molecule has 148 valence electrons. The quantitative estimate of drug-likeness (QED) is 0.579. The van der Waals surface area contributed by atoms with Gasteiger partial charge in [0.1, 0.15) is 0 Å². The molecular formula is C21H17NO7. The van der Waals surface area contributed by atoms with Crippen LogP contribution in [0.4, 0.5) is 0 Å². The molecule has 2 aromatic rings. The summed E-state index contributed by atoms with van der Waals surface area (Å²) in [6.45, 7) is -0.313. The molecule has 2 atom stereocenters. The van der Waals surface area contributed by atoms with Gasteiger partial charge in [-0.3, -0.25) is 19.7 Å². The monoisotopic (exact) mass is 395 g/mol. The number of hydrogen-bond acceptors (Lipinski definition) is 7. The molecule has 2 aliphatic rings. The first-order chi connectivity index (χ1) is 14.0. The molecule has 0 N–H and O–H groups in total. The summed E-state index contributed by atoms with van der Waals surface area (Å²) in [6, 6.07) is 10.0. The number of Topliss-reactive ketones (excluding diaryl/α,β-unsaturated/α-hetero) is 2. The first-order valence-corrected chi connectivity index (χ1v) is 8.88. The fourth-order valence-corrected chi connectivity index (χ4v) is 3.87. The van der Waals surface area contributed by atoms with Crippen molar-refractivity contribution in [2.24, 2.45) is 0 Å². The highest BCUT2D eigenvalue weighted by Gasteiger charge is 2.49. The van der Waals surface area contributed by atoms with Crippen LogP contribution in [0.1, 0.15) is 32.2 Å². The largest absolute Gasteiger partial charge is 0.493 e. The van der Waals surface area contributed by atoms with Crippen molar-refractivity contribution in [1.29, 1.82) is 0 Å². The maximum atomic E-state index is 13.3. The van der Waals surface area contributed by atoms with Gasteiger partial charge in [0, 0.05) is 16.1 Å². The SMILES string of the molecule is COc1ccc([C@H]2C3=C(OC[C@@H]2[N+](=O)[O-])C(=O)c2ccccc2C3=O)cc1OC. The summed E-state index contributed by atoms with van der Waals surface area (Å²) in [4.78, 5) is 37.5. The number of ether oxygens (including phenoxy) is 3. The Hall–Kier alpha value is -3.68. The lowest BCUT2D eigenvalue weighted by Crippen LogP contribution is -2.42. The minimum Gasteiger partial charge on any atom is -0.493 e. The molecule has 29 heavy (non-hydrogen) atoms. The van der Waals surface area contributed by atoms with Crippen LogP contribution in [0.5, 0.6) is 11.5 Å².